The van der Waals surface area contributed by atoms with Gasteiger partial charge in [-0.1, -0.05) is 18.2 Å². The largest absolute Gasteiger partial charge is 0.392 e. The van der Waals surface area contributed by atoms with Gasteiger partial charge in [0.05, 0.1) is 18.0 Å². The molecule has 0 aliphatic heterocycles. The summed E-state index contributed by atoms with van der Waals surface area (Å²) in [5.74, 6) is -0.579. The van der Waals surface area contributed by atoms with Crippen molar-refractivity contribution in [3.63, 3.8) is 0 Å². The van der Waals surface area contributed by atoms with Crippen molar-refractivity contribution < 1.29 is 14.7 Å². The number of benzene rings is 1. The van der Waals surface area contributed by atoms with E-state index in [4.69, 9.17) is 5.11 Å². The molecule has 0 saturated carbocycles. The minimum atomic E-state index is -0.315. The van der Waals surface area contributed by atoms with E-state index in [0.29, 0.717) is 16.1 Å². The van der Waals surface area contributed by atoms with Crippen LogP contribution in [0.2, 0.25) is 0 Å². The van der Waals surface area contributed by atoms with Crippen molar-refractivity contribution in [2.75, 3.05) is 11.9 Å². The molecule has 0 saturated heterocycles. The highest BCUT2D eigenvalue weighted by molar-refractivity contribution is 7.12. The number of anilines is 1. The Bertz CT molecular complexity index is 596. The second-order valence-corrected chi connectivity index (χ2v) is 5.01. The topological polar surface area (TPSA) is 78.4 Å². The van der Waals surface area contributed by atoms with Gasteiger partial charge in [-0.3, -0.25) is 9.59 Å². The average molecular weight is 290 g/mol. The van der Waals surface area contributed by atoms with E-state index < -0.39 is 0 Å². The molecule has 6 heteroatoms. The fourth-order valence-corrected chi connectivity index (χ4v) is 2.25. The summed E-state index contributed by atoms with van der Waals surface area (Å²) >= 11 is 1.32. The molecule has 2 amide bonds. The Hall–Kier alpha value is -2.18. The number of nitrogens with one attached hydrogen (secondary N) is 2. The number of aliphatic hydroxyl groups is 1. The van der Waals surface area contributed by atoms with Gasteiger partial charge in [-0.05, 0) is 29.1 Å². The van der Waals surface area contributed by atoms with Crippen molar-refractivity contribution in [1.82, 2.24) is 5.32 Å². The lowest BCUT2D eigenvalue weighted by Gasteiger charge is -2.07. The van der Waals surface area contributed by atoms with Crippen molar-refractivity contribution >= 4 is 28.8 Å². The number of hydrogen-bond donors (Lipinski definition) is 3. The molecule has 1 aromatic carbocycles. The van der Waals surface area contributed by atoms with Crippen molar-refractivity contribution in [1.29, 1.82) is 0 Å². The Labute approximate surface area is 120 Å². The number of thiophene rings is 1. The minimum Gasteiger partial charge on any atom is -0.392 e. The van der Waals surface area contributed by atoms with Gasteiger partial charge in [-0.15, -0.1) is 11.3 Å². The quantitative estimate of drug-likeness (QED) is 0.783. The summed E-state index contributed by atoms with van der Waals surface area (Å²) in [6, 6.07) is 10.4. The molecule has 0 aliphatic carbocycles. The molecule has 0 radical (unpaired) electrons. The molecular formula is C14H14N2O3S. The zero-order valence-corrected chi connectivity index (χ0v) is 11.4. The van der Waals surface area contributed by atoms with Gasteiger partial charge >= 0.3 is 0 Å². The standard InChI is InChI=1S/C14H14N2O3S/c17-9-10-3-1-4-11(7-10)16-13(18)8-15-14(19)12-5-2-6-20-12/h1-7,17H,8-9H2,(H,15,19)(H,16,18). The van der Waals surface area contributed by atoms with Crippen LogP contribution in [0.15, 0.2) is 41.8 Å². The van der Waals surface area contributed by atoms with Gasteiger partial charge in [-0.2, -0.15) is 0 Å². The number of carbonyl (C=O) groups is 2. The lowest BCUT2D eigenvalue weighted by atomic mass is 10.2. The molecule has 3 N–H and O–H groups in total. The zero-order chi connectivity index (χ0) is 14.4. The second-order valence-electron chi connectivity index (χ2n) is 4.07. The maximum atomic E-state index is 11.7. The SMILES string of the molecule is O=C(CNC(=O)c1cccs1)Nc1cccc(CO)c1. The van der Waals surface area contributed by atoms with E-state index in [0.717, 1.165) is 0 Å². The fraction of sp³-hybridized carbons (Fsp3) is 0.143. The average Bonchev–Trinajstić information content (AvgIpc) is 2.99. The van der Waals surface area contributed by atoms with Gasteiger partial charge in [0.15, 0.2) is 0 Å². The molecule has 5 nitrogen and oxygen atoms in total. The molecular weight excluding hydrogens is 276 g/mol. The van der Waals surface area contributed by atoms with Crippen LogP contribution in [-0.2, 0) is 11.4 Å². The predicted molar refractivity (Wildman–Crippen MR) is 77.6 cm³/mol. The second kappa shape index (κ2) is 6.83. The monoisotopic (exact) mass is 290 g/mol. The highest BCUT2D eigenvalue weighted by Crippen LogP contribution is 2.10. The van der Waals surface area contributed by atoms with Gasteiger partial charge in [0, 0.05) is 5.69 Å². The molecule has 104 valence electrons. The summed E-state index contributed by atoms with van der Waals surface area (Å²) in [5, 5.41) is 16.0. The Morgan fingerprint density at radius 1 is 1.20 bits per heavy atom. The number of amides is 2. The third-order valence-electron chi connectivity index (χ3n) is 2.55. The van der Waals surface area contributed by atoms with Crippen LogP contribution in [-0.4, -0.2) is 23.5 Å². The summed E-state index contributed by atoms with van der Waals surface area (Å²) in [7, 11) is 0. The number of carbonyl (C=O) groups excluding carboxylic acids is 2. The van der Waals surface area contributed by atoms with E-state index in [9.17, 15) is 9.59 Å². The van der Waals surface area contributed by atoms with E-state index in [1.165, 1.54) is 11.3 Å². The summed E-state index contributed by atoms with van der Waals surface area (Å²) < 4.78 is 0. The smallest absolute Gasteiger partial charge is 0.261 e. The first kappa shape index (κ1) is 14.2. The van der Waals surface area contributed by atoms with Crippen LogP contribution in [0.3, 0.4) is 0 Å². The summed E-state index contributed by atoms with van der Waals surface area (Å²) in [4.78, 5) is 23.9. The van der Waals surface area contributed by atoms with Crippen molar-refractivity contribution in [2.24, 2.45) is 0 Å². The van der Waals surface area contributed by atoms with E-state index in [1.807, 2.05) is 0 Å². The van der Waals surface area contributed by atoms with Crippen LogP contribution in [0.1, 0.15) is 15.2 Å². The van der Waals surface area contributed by atoms with Gasteiger partial charge in [0.1, 0.15) is 0 Å². The maximum absolute atomic E-state index is 11.7. The van der Waals surface area contributed by atoms with Crippen molar-refractivity contribution in [2.45, 2.75) is 6.61 Å². The van der Waals surface area contributed by atoms with Crippen LogP contribution < -0.4 is 10.6 Å². The number of hydrogen-bond acceptors (Lipinski definition) is 4. The Morgan fingerprint density at radius 2 is 2.05 bits per heavy atom. The molecule has 0 spiro atoms. The molecule has 0 unspecified atom stereocenters. The van der Waals surface area contributed by atoms with Crippen LogP contribution in [0, 0.1) is 0 Å². The summed E-state index contributed by atoms with van der Waals surface area (Å²) in [6.45, 7) is -0.182. The summed E-state index contributed by atoms with van der Waals surface area (Å²) in [5.41, 5.74) is 1.30. The van der Waals surface area contributed by atoms with Crippen LogP contribution >= 0.6 is 11.3 Å². The van der Waals surface area contributed by atoms with Gasteiger partial charge < -0.3 is 15.7 Å². The number of rotatable bonds is 5. The highest BCUT2D eigenvalue weighted by atomic mass is 32.1. The Balaban J connectivity index is 1.85. The third kappa shape index (κ3) is 3.91. The normalized spacial score (nSPS) is 10.1. The fourth-order valence-electron chi connectivity index (χ4n) is 1.61. The zero-order valence-electron chi connectivity index (χ0n) is 10.6. The predicted octanol–water partition coefficient (Wildman–Crippen LogP) is 1.61. The number of aliphatic hydroxyl groups excluding tert-OH is 1. The van der Waals surface area contributed by atoms with E-state index >= 15 is 0 Å². The molecule has 0 fully saturated rings. The van der Waals surface area contributed by atoms with Crippen LogP contribution in [0.4, 0.5) is 5.69 Å². The van der Waals surface area contributed by atoms with Crippen LogP contribution in [0.5, 0.6) is 0 Å². The first-order valence-electron chi connectivity index (χ1n) is 6.00. The summed E-state index contributed by atoms with van der Waals surface area (Å²) in [6.07, 6.45) is 0. The van der Waals surface area contributed by atoms with Crippen molar-refractivity contribution in [3.05, 3.63) is 52.2 Å². The molecule has 2 rings (SSSR count). The molecule has 2 aromatic rings. The molecule has 0 atom stereocenters. The highest BCUT2D eigenvalue weighted by Gasteiger charge is 2.08. The lowest BCUT2D eigenvalue weighted by molar-refractivity contribution is -0.115. The lowest BCUT2D eigenvalue weighted by Crippen LogP contribution is -2.32. The molecule has 0 bridgehead atoms. The molecule has 1 heterocycles. The van der Waals surface area contributed by atoms with Gasteiger partial charge in [0.2, 0.25) is 5.91 Å². The van der Waals surface area contributed by atoms with E-state index in [1.54, 1.807) is 41.8 Å². The maximum Gasteiger partial charge on any atom is 0.261 e. The van der Waals surface area contributed by atoms with E-state index in [2.05, 4.69) is 10.6 Å². The van der Waals surface area contributed by atoms with Crippen molar-refractivity contribution in [3.8, 4) is 0 Å². The first-order valence-corrected chi connectivity index (χ1v) is 6.88. The molecule has 20 heavy (non-hydrogen) atoms. The first-order chi connectivity index (χ1) is 9.69. The van der Waals surface area contributed by atoms with Crippen LogP contribution in [0.25, 0.3) is 0 Å². The van der Waals surface area contributed by atoms with Gasteiger partial charge in [0.25, 0.3) is 5.91 Å². The van der Waals surface area contributed by atoms with Gasteiger partial charge in [-0.25, -0.2) is 0 Å². The third-order valence-corrected chi connectivity index (χ3v) is 3.42. The Kier molecular flexibility index (Phi) is 4.86. The Morgan fingerprint density at radius 3 is 2.75 bits per heavy atom. The minimum absolute atomic E-state index is 0.0845. The molecule has 0 aliphatic rings. The molecule has 1 aromatic heterocycles. The van der Waals surface area contributed by atoms with E-state index in [-0.39, 0.29) is 25.0 Å².